The third-order valence-electron chi connectivity index (χ3n) is 4.66. The van der Waals surface area contributed by atoms with Gasteiger partial charge in [-0.25, -0.2) is 4.98 Å². The largest absolute Gasteiger partial charge is 0.310 e. The second-order valence-corrected chi connectivity index (χ2v) is 7.94. The van der Waals surface area contributed by atoms with Crippen molar-refractivity contribution in [3.8, 4) is 0 Å². The van der Waals surface area contributed by atoms with E-state index in [1.807, 2.05) is 30.4 Å². The van der Waals surface area contributed by atoms with Crippen LogP contribution in [0.3, 0.4) is 0 Å². The Morgan fingerprint density at radius 1 is 1.43 bits per heavy atom. The highest BCUT2D eigenvalue weighted by Crippen LogP contribution is 2.45. The van der Waals surface area contributed by atoms with Crippen LogP contribution in [0.4, 0.5) is 0 Å². The van der Waals surface area contributed by atoms with E-state index in [1.165, 1.54) is 19.3 Å². The first-order valence-electron chi connectivity index (χ1n) is 7.62. The maximum absolute atomic E-state index is 6.40. The van der Waals surface area contributed by atoms with Crippen molar-refractivity contribution in [3.05, 3.63) is 11.5 Å². The lowest BCUT2D eigenvalue weighted by atomic mass is 9.84. The van der Waals surface area contributed by atoms with E-state index < -0.39 is 0 Å². The average molecular weight is 327 g/mol. The van der Waals surface area contributed by atoms with Gasteiger partial charge in [0.05, 0.1) is 11.1 Å². The molecule has 0 bridgehead atoms. The molecule has 2 heterocycles. The van der Waals surface area contributed by atoms with Crippen LogP contribution in [0.5, 0.6) is 0 Å². The van der Waals surface area contributed by atoms with Gasteiger partial charge < -0.3 is 4.57 Å². The molecule has 0 aromatic carbocycles. The van der Waals surface area contributed by atoms with E-state index in [0.717, 1.165) is 35.6 Å². The van der Waals surface area contributed by atoms with Gasteiger partial charge in [-0.1, -0.05) is 13.3 Å². The fraction of sp³-hybridized carbons (Fsp3) is 0.733. The minimum absolute atomic E-state index is 0.0823. The molecule has 1 saturated carbocycles. The Hall–Kier alpha value is -0.680. The van der Waals surface area contributed by atoms with Crippen molar-refractivity contribution >= 4 is 34.5 Å². The van der Waals surface area contributed by atoms with Crippen LogP contribution in [-0.2, 0) is 20.0 Å². The van der Waals surface area contributed by atoms with Gasteiger partial charge in [0.15, 0.2) is 5.65 Å². The molecule has 1 fully saturated rings. The zero-order chi connectivity index (χ0) is 15.2. The number of alkyl halides is 1. The second kappa shape index (κ2) is 5.51. The van der Waals surface area contributed by atoms with Crippen LogP contribution in [0.15, 0.2) is 0 Å². The Morgan fingerprint density at radius 3 is 2.62 bits per heavy atom. The molecule has 0 saturated heterocycles. The molecule has 0 radical (unpaired) electrons. The summed E-state index contributed by atoms with van der Waals surface area (Å²) in [6.45, 7) is 5.12. The molecule has 1 aliphatic rings. The first-order chi connectivity index (χ1) is 10.0. The molecule has 0 spiro atoms. The van der Waals surface area contributed by atoms with Crippen LogP contribution in [0.25, 0.3) is 11.2 Å². The van der Waals surface area contributed by atoms with Crippen molar-refractivity contribution in [3.63, 3.8) is 0 Å². The molecule has 116 valence electrons. The van der Waals surface area contributed by atoms with E-state index in [-0.39, 0.29) is 5.38 Å². The molecular formula is C15H23ClN4S. The molecule has 2 aromatic rings. The van der Waals surface area contributed by atoms with Crippen LogP contribution < -0.4 is 0 Å². The van der Waals surface area contributed by atoms with E-state index in [4.69, 9.17) is 16.6 Å². The van der Waals surface area contributed by atoms with E-state index >= 15 is 0 Å². The van der Waals surface area contributed by atoms with Gasteiger partial charge in [0.25, 0.3) is 0 Å². The number of hydrogen-bond donors (Lipinski definition) is 0. The number of aromatic nitrogens is 4. The normalized spacial score (nSPS) is 18.9. The first kappa shape index (κ1) is 15.2. The number of hydrogen-bond acceptors (Lipinski definition) is 3. The minimum atomic E-state index is -0.0823. The third-order valence-corrected chi connectivity index (χ3v) is 6.25. The number of fused-ring (bicyclic) bond motifs is 1. The SMILES string of the molecule is CCc1nn(C)c2c1nc(C(C)Cl)n2CC1(SC)CCC1. The maximum Gasteiger partial charge on any atom is 0.158 e. The first-order valence-corrected chi connectivity index (χ1v) is 9.28. The highest BCUT2D eigenvalue weighted by Gasteiger charge is 2.38. The van der Waals surface area contributed by atoms with Gasteiger partial charge in [-0.2, -0.15) is 16.9 Å². The van der Waals surface area contributed by atoms with Crippen molar-refractivity contribution in [2.24, 2.45) is 7.05 Å². The fourth-order valence-electron chi connectivity index (χ4n) is 3.24. The molecule has 2 aromatic heterocycles. The lowest BCUT2D eigenvalue weighted by Gasteiger charge is -2.41. The number of thioether (sulfide) groups is 1. The molecule has 0 amide bonds. The Morgan fingerprint density at radius 2 is 2.14 bits per heavy atom. The molecular weight excluding hydrogens is 304 g/mol. The smallest absolute Gasteiger partial charge is 0.158 e. The summed E-state index contributed by atoms with van der Waals surface area (Å²) in [7, 11) is 2.01. The summed E-state index contributed by atoms with van der Waals surface area (Å²) in [6, 6.07) is 0. The number of rotatable bonds is 5. The minimum Gasteiger partial charge on any atom is -0.310 e. The van der Waals surface area contributed by atoms with Crippen LogP contribution in [-0.4, -0.2) is 30.3 Å². The Bertz CT molecular complexity index is 649. The number of halogens is 1. The average Bonchev–Trinajstić information content (AvgIpc) is 2.92. The molecule has 0 aliphatic heterocycles. The summed E-state index contributed by atoms with van der Waals surface area (Å²) in [5.74, 6) is 0.981. The summed E-state index contributed by atoms with van der Waals surface area (Å²) < 4.78 is 4.64. The molecule has 1 unspecified atom stereocenters. The van der Waals surface area contributed by atoms with Crippen molar-refractivity contribution < 1.29 is 0 Å². The number of nitrogens with zero attached hydrogens (tertiary/aromatic N) is 4. The standard InChI is InChI=1S/C15H23ClN4S/c1-5-11-12-14(19(3)18-11)20(13(17-12)10(2)16)9-15(21-4)7-6-8-15/h10H,5-9H2,1-4H3. The summed E-state index contributed by atoms with van der Waals surface area (Å²) in [5.41, 5.74) is 3.21. The maximum atomic E-state index is 6.40. The summed E-state index contributed by atoms with van der Waals surface area (Å²) >= 11 is 8.38. The highest BCUT2D eigenvalue weighted by molar-refractivity contribution is 8.00. The zero-order valence-electron chi connectivity index (χ0n) is 13.2. The van der Waals surface area contributed by atoms with Gasteiger partial charge in [0, 0.05) is 18.3 Å². The Kier molecular flexibility index (Phi) is 3.99. The predicted molar refractivity (Wildman–Crippen MR) is 90.2 cm³/mol. The highest BCUT2D eigenvalue weighted by atomic mass is 35.5. The topological polar surface area (TPSA) is 35.6 Å². The quantitative estimate of drug-likeness (QED) is 0.781. The Balaban J connectivity index is 2.14. The van der Waals surface area contributed by atoms with E-state index in [1.54, 1.807) is 0 Å². The van der Waals surface area contributed by atoms with E-state index in [2.05, 4.69) is 22.8 Å². The van der Waals surface area contributed by atoms with Crippen LogP contribution in [0, 0.1) is 0 Å². The lowest BCUT2D eigenvalue weighted by molar-refractivity contribution is 0.320. The van der Waals surface area contributed by atoms with Crippen molar-refractivity contribution in [2.45, 2.75) is 56.2 Å². The summed E-state index contributed by atoms with van der Waals surface area (Å²) in [5, 5.41) is 4.53. The van der Waals surface area contributed by atoms with E-state index in [0.29, 0.717) is 4.75 Å². The van der Waals surface area contributed by atoms with Crippen LogP contribution in [0.1, 0.15) is 50.0 Å². The monoisotopic (exact) mass is 326 g/mol. The summed E-state index contributed by atoms with van der Waals surface area (Å²) in [4.78, 5) is 4.82. The molecule has 4 nitrogen and oxygen atoms in total. The van der Waals surface area contributed by atoms with Gasteiger partial charge in [0.2, 0.25) is 0 Å². The van der Waals surface area contributed by atoms with E-state index in [9.17, 15) is 0 Å². The molecule has 21 heavy (non-hydrogen) atoms. The van der Waals surface area contributed by atoms with Crippen LogP contribution >= 0.6 is 23.4 Å². The molecule has 6 heteroatoms. The predicted octanol–water partition coefficient (Wildman–Crippen LogP) is 3.92. The molecule has 3 rings (SSSR count). The second-order valence-electron chi connectivity index (χ2n) is 6.01. The fourth-order valence-corrected chi connectivity index (χ4v) is 4.36. The summed E-state index contributed by atoms with van der Waals surface area (Å²) in [6.07, 6.45) is 7.01. The molecule has 1 aliphatic carbocycles. The number of aryl methyl sites for hydroxylation is 2. The lowest BCUT2D eigenvalue weighted by Crippen LogP contribution is -2.38. The molecule has 1 atom stereocenters. The van der Waals surface area contributed by atoms with Crippen LogP contribution in [0.2, 0.25) is 0 Å². The van der Waals surface area contributed by atoms with Gasteiger partial charge >= 0.3 is 0 Å². The zero-order valence-corrected chi connectivity index (χ0v) is 14.8. The number of imidazole rings is 1. The van der Waals surface area contributed by atoms with Crippen molar-refractivity contribution in [2.75, 3.05) is 6.26 Å². The van der Waals surface area contributed by atoms with Gasteiger partial charge in [-0.3, -0.25) is 4.68 Å². The molecule has 0 N–H and O–H groups in total. The van der Waals surface area contributed by atoms with Gasteiger partial charge in [0.1, 0.15) is 11.3 Å². The van der Waals surface area contributed by atoms with Gasteiger partial charge in [-0.15, -0.1) is 11.6 Å². The Labute approximate surface area is 135 Å². The van der Waals surface area contributed by atoms with Crippen molar-refractivity contribution in [1.82, 2.24) is 19.3 Å². The van der Waals surface area contributed by atoms with Gasteiger partial charge in [-0.05, 0) is 32.4 Å². The third kappa shape index (κ3) is 2.38. The van der Waals surface area contributed by atoms with Crippen molar-refractivity contribution in [1.29, 1.82) is 0 Å².